The third kappa shape index (κ3) is 5.11. The van der Waals surface area contributed by atoms with E-state index in [4.69, 9.17) is 0 Å². The Balaban J connectivity index is 1.85. The zero-order valence-electron chi connectivity index (χ0n) is 16.4. The van der Waals surface area contributed by atoms with Crippen molar-refractivity contribution in [2.75, 3.05) is 10.8 Å². The van der Waals surface area contributed by atoms with E-state index in [0.717, 1.165) is 32.4 Å². The molecule has 1 amide bonds. The standard InChI is InChI=1S/C21H20FN3O3S2/c1-15-3-7-18(8-4-15)25(30(27,28)19-9-5-17(22)6-10-19)14-21(26)24-23-13-20-16(2)11-12-29-20/h3-13H,14H2,1-2H3,(H,24,26)/b23-13-. The molecule has 0 bridgehead atoms. The van der Waals surface area contributed by atoms with Crippen molar-refractivity contribution in [3.8, 4) is 0 Å². The second-order valence-electron chi connectivity index (χ2n) is 6.56. The first-order chi connectivity index (χ1) is 14.3. The Bertz CT molecular complexity index is 1150. The molecule has 0 saturated heterocycles. The SMILES string of the molecule is Cc1ccc(N(CC(=O)N/N=C\c2sccc2C)S(=O)(=O)c2ccc(F)cc2)cc1. The Kier molecular flexibility index (Phi) is 6.63. The average Bonchev–Trinajstić information content (AvgIpc) is 3.12. The van der Waals surface area contributed by atoms with Crippen LogP contribution in [0.4, 0.5) is 10.1 Å². The Morgan fingerprint density at radius 3 is 2.37 bits per heavy atom. The lowest BCUT2D eigenvalue weighted by molar-refractivity contribution is -0.119. The normalized spacial score (nSPS) is 11.6. The van der Waals surface area contributed by atoms with Crippen molar-refractivity contribution in [2.45, 2.75) is 18.7 Å². The van der Waals surface area contributed by atoms with Crippen LogP contribution in [0.2, 0.25) is 0 Å². The molecule has 0 unspecified atom stereocenters. The van der Waals surface area contributed by atoms with Crippen LogP contribution in [0.5, 0.6) is 0 Å². The second kappa shape index (κ2) is 9.19. The first-order valence-electron chi connectivity index (χ1n) is 8.98. The van der Waals surface area contributed by atoms with Gasteiger partial charge in [0.15, 0.2) is 0 Å². The van der Waals surface area contributed by atoms with Gasteiger partial charge in [0.2, 0.25) is 0 Å². The predicted molar refractivity (Wildman–Crippen MR) is 117 cm³/mol. The molecule has 0 spiro atoms. The Labute approximate surface area is 178 Å². The highest BCUT2D eigenvalue weighted by atomic mass is 32.2. The number of carbonyl (C=O) groups excluding carboxylic acids is 1. The average molecular weight is 446 g/mol. The number of thiophene rings is 1. The summed E-state index contributed by atoms with van der Waals surface area (Å²) in [5.74, 6) is -1.15. The smallest absolute Gasteiger partial charge is 0.264 e. The quantitative estimate of drug-likeness (QED) is 0.443. The molecule has 0 saturated carbocycles. The highest BCUT2D eigenvalue weighted by Crippen LogP contribution is 2.24. The molecule has 0 aliphatic carbocycles. The van der Waals surface area contributed by atoms with Crippen LogP contribution in [-0.2, 0) is 14.8 Å². The third-order valence-corrected chi connectivity index (χ3v) is 7.03. The number of nitrogens with one attached hydrogen (secondary N) is 1. The monoisotopic (exact) mass is 445 g/mol. The molecule has 3 rings (SSSR count). The number of halogens is 1. The fourth-order valence-corrected chi connectivity index (χ4v) is 4.81. The summed E-state index contributed by atoms with van der Waals surface area (Å²) in [6, 6.07) is 13.1. The number of hydrazone groups is 1. The van der Waals surface area contributed by atoms with E-state index >= 15 is 0 Å². The van der Waals surface area contributed by atoms with Gasteiger partial charge in [-0.2, -0.15) is 5.10 Å². The van der Waals surface area contributed by atoms with Gasteiger partial charge in [0.05, 0.1) is 16.8 Å². The molecule has 0 atom stereocenters. The molecule has 1 aromatic heterocycles. The summed E-state index contributed by atoms with van der Waals surface area (Å²) in [4.78, 5) is 13.2. The number of sulfonamides is 1. The van der Waals surface area contributed by atoms with E-state index in [9.17, 15) is 17.6 Å². The van der Waals surface area contributed by atoms with E-state index in [1.54, 1.807) is 24.3 Å². The summed E-state index contributed by atoms with van der Waals surface area (Å²) in [7, 11) is -4.10. The van der Waals surface area contributed by atoms with Gasteiger partial charge in [-0.05, 0) is 67.3 Å². The van der Waals surface area contributed by atoms with Gasteiger partial charge in [0, 0.05) is 4.88 Å². The molecule has 0 radical (unpaired) electrons. The number of anilines is 1. The summed E-state index contributed by atoms with van der Waals surface area (Å²) in [5, 5.41) is 5.83. The minimum Gasteiger partial charge on any atom is -0.271 e. The lowest BCUT2D eigenvalue weighted by atomic mass is 10.2. The van der Waals surface area contributed by atoms with E-state index in [2.05, 4.69) is 10.5 Å². The maximum atomic E-state index is 13.3. The molecular formula is C21H20FN3O3S2. The summed E-state index contributed by atoms with van der Waals surface area (Å²) in [6.45, 7) is 3.31. The molecule has 30 heavy (non-hydrogen) atoms. The first kappa shape index (κ1) is 21.7. The predicted octanol–water partition coefficient (Wildman–Crippen LogP) is 3.85. The van der Waals surface area contributed by atoms with Gasteiger partial charge >= 0.3 is 0 Å². The number of hydrogen-bond acceptors (Lipinski definition) is 5. The van der Waals surface area contributed by atoms with Crippen LogP contribution in [0.15, 0.2) is 70.0 Å². The Morgan fingerprint density at radius 2 is 1.77 bits per heavy atom. The number of nitrogens with zero attached hydrogens (tertiary/aromatic N) is 2. The minimum atomic E-state index is -4.10. The molecule has 3 aromatic rings. The number of hydrogen-bond donors (Lipinski definition) is 1. The molecular weight excluding hydrogens is 425 g/mol. The summed E-state index contributed by atoms with van der Waals surface area (Å²) >= 11 is 1.48. The van der Waals surface area contributed by atoms with E-state index in [1.165, 1.54) is 29.7 Å². The van der Waals surface area contributed by atoms with Gasteiger partial charge in [-0.25, -0.2) is 18.2 Å². The summed E-state index contributed by atoms with van der Waals surface area (Å²) in [6.07, 6.45) is 1.52. The van der Waals surface area contributed by atoms with Crippen molar-refractivity contribution < 1.29 is 17.6 Å². The molecule has 156 valence electrons. The molecule has 6 nitrogen and oxygen atoms in total. The Hall–Kier alpha value is -3.04. The van der Waals surface area contributed by atoms with Crippen LogP contribution in [0.1, 0.15) is 16.0 Å². The van der Waals surface area contributed by atoms with Crippen molar-refractivity contribution in [1.82, 2.24) is 5.43 Å². The molecule has 9 heteroatoms. The van der Waals surface area contributed by atoms with Crippen LogP contribution < -0.4 is 9.73 Å². The lowest BCUT2D eigenvalue weighted by Crippen LogP contribution is -2.39. The van der Waals surface area contributed by atoms with Crippen LogP contribution in [0.25, 0.3) is 0 Å². The number of aryl methyl sites for hydroxylation is 2. The number of amides is 1. The molecule has 1 heterocycles. The third-order valence-electron chi connectivity index (χ3n) is 4.28. The van der Waals surface area contributed by atoms with Gasteiger partial charge in [0.25, 0.3) is 15.9 Å². The zero-order chi connectivity index (χ0) is 21.7. The first-order valence-corrected chi connectivity index (χ1v) is 11.3. The second-order valence-corrected chi connectivity index (χ2v) is 9.37. The molecule has 0 aliphatic rings. The summed E-state index contributed by atoms with van der Waals surface area (Å²) < 4.78 is 40.5. The van der Waals surface area contributed by atoms with E-state index in [0.29, 0.717) is 5.69 Å². The van der Waals surface area contributed by atoms with E-state index in [1.807, 2.05) is 25.3 Å². The van der Waals surface area contributed by atoms with Crippen LogP contribution in [0.3, 0.4) is 0 Å². The van der Waals surface area contributed by atoms with Crippen molar-refractivity contribution in [2.24, 2.45) is 5.10 Å². The summed E-state index contributed by atoms with van der Waals surface area (Å²) in [5.41, 5.74) is 4.65. The highest BCUT2D eigenvalue weighted by Gasteiger charge is 2.27. The highest BCUT2D eigenvalue weighted by molar-refractivity contribution is 7.92. The lowest BCUT2D eigenvalue weighted by Gasteiger charge is -2.23. The number of rotatable bonds is 7. The van der Waals surface area contributed by atoms with Gasteiger partial charge < -0.3 is 0 Å². The molecule has 0 aliphatic heterocycles. The topological polar surface area (TPSA) is 78.8 Å². The molecule has 2 aromatic carbocycles. The minimum absolute atomic E-state index is 0.116. The zero-order valence-corrected chi connectivity index (χ0v) is 18.0. The van der Waals surface area contributed by atoms with Gasteiger partial charge in [-0.15, -0.1) is 11.3 Å². The van der Waals surface area contributed by atoms with Gasteiger partial charge in [0.1, 0.15) is 12.4 Å². The van der Waals surface area contributed by atoms with Crippen LogP contribution >= 0.6 is 11.3 Å². The van der Waals surface area contributed by atoms with E-state index in [-0.39, 0.29) is 4.90 Å². The Morgan fingerprint density at radius 1 is 1.10 bits per heavy atom. The van der Waals surface area contributed by atoms with Gasteiger partial charge in [-0.1, -0.05) is 17.7 Å². The van der Waals surface area contributed by atoms with Crippen molar-refractivity contribution in [3.05, 3.63) is 81.8 Å². The number of benzene rings is 2. The van der Waals surface area contributed by atoms with Crippen LogP contribution in [0, 0.1) is 19.7 Å². The molecule has 1 N–H and O–H groups in total. The maximum absolute atomic E-state index is 13.3. The molecule has 0 fully saturated rings. The van der Waals surface area contributed by atoms with Crippen molar-refractivity contribution in [1.29, 1.82) is 0 Å². The van der Waals surface area contributed by atoms with Crippen LogP contribution in [-0.4, -0.2) is 27.1 Å². The van der Waals surface area contributed by atoms with Crippen molar-refractivity contribution in [3.63, 3.8) is 0 Å². The van der Waals surface area contributed by atoms with E-state index < -0.39 is 28.3 Å². The maximum Gasteiger partial charge on any atom is 0.264 e. The van der Waals surface area contributed by atoms with Gasteiger partial charge in [-0.3, -0.25) is 9.10 Å². The fraction of sp³-hybridized carbons (Fsp3) is 0.143. The largest absolute Gasteiger partial charge is 0.271 e. The van der Waals surface area contributed by atoms with Crippen molar-refractivity contribution >= 4 is 39.2 Å². The fourth-order valence-electron chi connectivity index (χ4n) is 2.61. The number of carbonyl (C=O) groups is 1.